The number of carbonyl (C=O) groups excluding carboxylic acids is 2. The van der Waals surface area contributed by atoms with Crippen LogP contribution in [0.3, 0.4) is 0 Å². The summed E-state index contributed by atoms with van der Waals surface area (Å²) in [4.78, 5) is 25.5. The SMILES string of the molecule is CCCN1C(=O)N/C(=C/c2cc(I)c(OCc3ccc(C)cc3)c(I)c2)C1=O. The molecule has 2 aromatic carbocycles. The van der Waals surface area contributed by atoms with E-state index >= 15 is 0 Å². The van der Waals surface area contributed by atoms with E-state index in [4.69, 9.17) is 4.74 Å². The van der Waals surface area contributed by atoms with Crippen LogP contribution in [0.5, 0.6) is 5.75 Å². The van der Waals surface area contributed by atoms with Gasteiger partial charge in [-0.05, 0) is 87.9 Å². The van der Waals surface area contributed by atoms with Crippen molar-refractivity contribution in [2.24, 2.45) is 0 Å². The van der Waals surface area contributed by atoms with Gasteiger partial charge >= 0.3 is 6.03 Å². The van der Waals surface area contributed by atoms with Gasteiger partial charge in [0.2, 0.25) is 0 Å². The first-order valence-electron chi connectivity index (χ1n) is 8.91. The summed E-state index contributed by atoms with van der Waals surface area (Å²) in [5.41, 5.74) is 3.48. The van der Waals surface area contributed by atoms with Gasteiger partial charge in [0.05, 0.1) is 7.14 Å². The third kappa shape index (κ3) is 4.86. The van der Waals surface area contributed by atoms with E-state index < -0.39 is 0 Å². The average Bonchev–Trinajstić information content (AvgIpc) is 2.90. The third-order valence-corrected chi connectivity index (χ3v) is 5.85. The summed E-state index contributed by atoms with van der Waals surface area (Å²) >= 11 is 4.46. The minimum absolute atomic E-state index is 0.281. The van der Waals surface area contributed by atoms with Crippen molar-refractivity contribution in [1.29, 1.82) is 0 Å². The van der Waals surface area contributed by atoms with E-state index in [1.54, 1.807) is 6.08 Å². The van der Waals surface area contributed by atoms with Gasteiger partial charge in [0.15, 0.2) is 0 Å². The van der Waals surface area contributed by atoms with Crippen LogP contribution in [0.15, 0.2) is 42.1 Å². The number of carbonyl (C=O) groups is 2. The Morgan fingerprint density at radius 1 is 1.11 bits per heavy atom. The van der Waals surface area contributed by atoms with Gasteiger partial charge in [-0.3, -0.25) is 9.69 Å². The zero-order chi connectivity index (χ0) is 20.3. The number of ether oxygens (including phenoxy) is 1. The highest BCUT2D eigenvalue weighted by molar-refractivity contribution is 14.1. The summed E-state index contributed by atoms with van der Waals surface area (Å²) in [6.45, 7) is 4.90. The normalized spacial score (nSPS) is 15.3. The first-order valence-corrected chi connectivity index (χ1v) is 11.1. The number of halogens is 2. The van der Waals surface area contributed by atoms with Crippen molar-refractivity contribution in [3.8, 4) is 5.75 Å². The molecule has 2 aromatic rings. The lowest BCUT2D eigenvalue weighted by molar-refractivity contribution is -0.122. The number of aryl methyl sites for hydroxylation is 1. The maximum atomic E-state index is 12.4. The van der Waals surface area contributed by atoms with Crippen molar-refractivity contribution in [1.82, 2.24) is 10.2 Å². The molecule has 146 valence electrons. The molecule has 1 N–H and O–H groups in total. The lowest BCUT2D eigenvalue weighted by atomic mass is 10.1. The van der Waals surface area contributed by atoms with Gasteiger partial charge < -0.3 is 10.1 Å². The molecule has 3 amide bonds. The highest BCUT2D eigenvalue weighted by atomic mass is 127. The number of rotatable bonds is 6. The average molecular weight is 602 g/mol. The highest BCUT2D eigenvalue weighted by Gasteiger charge is 2.32. The first-order chi connectivity index (χ1) is 13.4. The predicted molar refractivity (Wildman–Crippen MR) is 126 cm³/mol. The fourth-order valence-corrected chi connectivity index (χ4v) is 4.93. The standard InChI is InChI=1S/C21H20I2N2O3/c1-3-8-25-20(26)18(24-21(25)27)11-15-9-16(22)19(17(23)10-15)28-12-14-6-4-13(2)5-7-14/h4-7,9-11H,3,8,12H2,1-2H3,(H,24,27)/b18-11+. The fourth-order valence-electron chi connectivity index (χ4n) is 2.81. The number of benzene rings is 2. The van der Waals surface area contributed by atoms with Crippen molar-refractivity contribution in [3.63, 3.8) is 0 Å². The molecule has 5 nitrogen and oxygen atoms in total. The van der Waals surface area contributed by atoms with E-state index in [2.05, 4.69) is 81.7 Å². The Bertz CT molecular complexity index is 916. The van der Waals surface area contributed by atoms with E-state index in [1.165, 1.54) is 10.5 Å². The second-order valence-electron chi connectivity index (χ2n) is 6.53. The zero-order valence-electron chi connectivity index (χ0n) is 15.6. The van der Waals surface area contributed by atoms with Crippen LogP contribution in [0.4, 0.5) is 4.79 Å². The van der Waals surface area contributed by atoms with Crippen LogP contribution in [0.25, 0.3) is 6.08 Å². The minimum Gasteiger partial charge on any atom is -0.487 e. The molecule has 7 heteroatoms. The number of urea groups is 1. The molecule has 28 heavy (non-hydrogen) atoms. The molecule has 0 atom stereocenters. The number of hydrogen-bond donors (Lipinski definition) is 1. The Kier molecular flexibility index (Phi) is 6.97. The lowest BCUT2D eigenvalue weighted by Crippen LogP contribution is -2.31. The van der Waals surface area contributed by atoms with E-state index in [0.717, 1.165) is 30.4 Å². The van der Waals surface area contributed by atoms with E-state index in [0.29, 0.717) is 18.8 Å². The molecular formula is C21H20I2N2O3. The Labute approximate surface area is 191 Å². The Morgan fingerprint density at radius 3 is 2.36 bits per heavy atom. The molecule has 0 radical (unpaired) electrons. The van der Waals surface area contributed by atoms with Gasteiger partial charge in [-0.15, -0.1) is 0 Å². The Hall–Kier alpha value is -1.62. The van der Waals surface area contributed by atoms with Crippen molar-refractivity contribution in [3.05, 3.63) is 65.9 Å². The Morgan fingerprint density at radius 2 is 1.75 bits per heavy atom. The number of imide groups is 1. The summed E-state index contributed by atoms with van der Waals surface area (Å²) in [7, 11) is 0. The van der Waals surface area contributed by atoms with Crippen LogP contribution in [0.2, 0.25) is 0 Å². The topological polar surface area (TPSA) is 58.6 Å². The molecule has 1 fully saturated rings. The van der Waals surface area contributed by atoms with Crippen molar-refractivity contribution in [2.45, 2.75) is 26.9 Å². The van der Waals surface area contributed by atoms with Crippen LogP contribution < -0.4 is 10.1 Å². The van der Waals surface area contributed by atoms with Crippen molar-refractivity contribution >= 4 is 63.2 Å². The van der Waals surface area contributed by atoms with Crippen molar-refractivity contribution in [2.75, 3.05) is 6.54 Å². The first kappa shape index (κ1) is 21.1. The summed E-state index contributed by atoms with van der Waals surface area (Å²) in [5.74, 6) is 0.537. The molecule has 0 spiro atoms. The van der Waals surface area contributed by atoms with Gasteiger partial charge in [-0.1, -0.05) is 36.8 Å². The largest absolute Gasteiger partial charge is 0.487 e. The smallest absolute Gasteiger partial charge is 0.329 e. The molecule has 3 rings (SSSR count). The zero-order valence-corrected chi connectivity index (χ0v) is 19.9. The van der Waals surface area contributed by atoms with E-state index in [9.17, 15) is 9.59 Å². The number of amides is 3. The Balaban J connectivity index is 1.77. The molecule has 1 aliphatic heterocycles. The van der Waals surface area contributed by atoms with Gasteiger partial charge in [0, 0.05) is 6.54 Å². The molecule has 0 aromatic heterocycles. The summed E-state index contributed by atoms with van der Waals surface area (Å²) in [6, 6.07) is 11.8. The number of nitrogens with zero attached hydrogens (tertiary/aromatic N) is 1. The summed E-state index contributed by atoms with van der Waals surface area (Å²) in [5, 5.41) is 2.65. The van der Waals surface area contributed by atoms with Crippen LogP contribution in [-0.4, -0.2) is 23.4 Å². The van der Waals surface area contributed by atoms with Crippen LogP contribution in [-0.2, 0) is 11.4 Å². The molecule has 1 aliphatic rings. The maximum absolute atomic E-state index is 12.4. The van der Waals surface area contributed by atoms with Crippen LogP contribution >= 0.6 is 45.2 Å². The van der Waals surface area contributed by atoms with Gasteiger partial charge in [0.1, 0.15) is 18.1 Å². The number of hydrogen-bond acceptors (Lipinski definition) is 3. The van der Waals surface area contributed by atoms with Crippen LogP contribution in [0.1, 0.15) is 30.0 Å². The van der Waals surface area contributed by atoms with Gasteiger partial charge in [0.25, 0.3) is 5.91 Å². The second kappa shape index (κ2) is 9.25. The monoisotopic (exact) mass is 602 g/mol. The molecule has 0 unspecified atom stereocenters. The third-order valence-electron chi connectivity index (χ3n) is 4.24. The summed E-state index contributed by atoms with van der Waals surface area (Å²) in [6.07, 6.45) is 2.44. The highest BCUT2D eigenvalue weighted by Crippen LogP contribution is 2.31. The van der Waals surface area contributed by atoms with E-state index in [-0.39, 0.29) is 11.9 Å². The predicted octanol–water partition coefficient (Wildman–Crippen LogP) is 5.09. The molecule has 0 bridgehead atoms. The summed E-state index contributed by atoms with van der Waals surface area (Å²) < 4.78 is 7.92. The molecular weight excluding hydrogens is 582 g/mol. The molecule has 1 saturated heterocycles. The fraction of sp³-hybridized carbons (Fsp3) is 0.238. The number of nitrogens with one attached hydrogen (secondary N) is 1. The maximum Gasteiger partial charge on any atom is 0.329 e. The minimum atomic E-state index is -0.361. The van der Waals surface area contributed by atoms with E-state index in [1.807, 2.05) is 19.1 Å². The molecule has 0 aliphatic carbocycles. The lowest BCUT2D eigenvalue weighted by Gasteiger charge is -2.12. The van der Waals surface area contributed by atoms with Gasteiger partial charge in [-0.2, -0.15) is 0 Å². The molecule has 0 saturated carbocycles. The van der Waals surface area contributed by atoms with Crippen molar-refractivity contribution < 1.29 is 14.3 Å². The quantitative estimate of drug-likeness (QED) is 0.285. The molecule has 1 heterocycles. The van der Waals surface area contributed by atoms with Gasteiger partial charge in [-0.25, -0.2) is 4.79 Å². The van der Waals surface area contributed by atoms with Crippen LogP contribution in [0, 0.1) is 14.1 Å². The second-order valence-corrected chi connectivity index (χ2v) is 8.86.